The van der Waals surface area contributed by atoms with Gasteiger partial charge in [0.05, 0.1) is 5.52 Å². The third kappa shape index (κ3) is 4.25. The number of amides is 1. The molecule has 1 atom stereocenters. The average molecular weight is 375 g/mol. The zero-order chi connectivity index (χ0) is 19.3. The minimum Gasteiger partial charge on any atom is -0.457 e. The molecule has 1 aromatic heterocycles. The van der Waals surface area contributed by atoms with Crippen LogP contribution in [0.15, 0.2) is 60.8 Å². The van der Waals surface area contributed by atoms with Gasteiger partial charge in [-0.3, -0.25) is 9.78 Å². The van der Waals surface area contributed by atoms with Crippen molar-refractivity contribution in [1.29, 1.82) is 0 Å². The fraction of sp³-hybridized carbons (Fsp3) is 0.304. The van der Waals surface area contributed by atoms with E-state index in [1.54, 1.807) is 0 Å². The monoisotopic (exact) mass is 375 g/mol. The summed E-state index contributed by atoms with van der Waals surface area (Å²) < 4.78 is 6.02. The van der Waals surface area contributed by atoms with Gasteiger partial charge in [0.15, 0.2) is 0 Å². The minimum absolute atomic E-state index is 0.214. The number of ether oxygens (including phenoxy) is 1. The van der Waals surface area contributed by atoms with Gasteiger partial charge in [-0.1, -0.05) is 18.2 Å². The zero-order valence-electron chi connectivity index (χ0n) is 15.9. The summed E-state index contributed by atoms with van der Waals surface area (Å²) >= 11 is 0. The molecule has 2 N–H and O–H groups in total. The maximum atomic E-state index is 11.1. The molecule has 0 bridgehead atoms. The first-order chi connectivity index (χ1) is 13.7. The normalized spacial score (nSPS) is 16.9. The largest absolute Gasteiger partial charge is 0.457 e. The molecule has 1 unspecified atom stereocenters. The van der Waals surface area contributed by atoms with E-state index in [0.717, 1.165) is 54.8 Å². The first kappa shape index (κ1) is 18.3. The van der Waals surface area contributed by atoms with Gasteiger partial charge in [-0.25, -0.2) is 0 Å². The Hall–Kier alpha value is -3.08. The quantitative estimate of drug-likeness (QED) is 0.688. The van der Waals surface area contributed by atoms with E-state index in [0.29, 0.717) is 12.3 Å². The summed E-state index contributed by atoms with van der Waals surface area (Å²) in [5.41, 5.74) is 7.46. The fourth-order valence-electron chi connectivity index (χ4n) is 3.94. The lowest BCUT2D eigenvalue weighted by Crippen LogP contribution is -2.36. The van der Waals surface area contributed by atoms with E-state index in [1.165, 1.54) is 5.69 Å². The van der Waals surface area contributed by atoms with Gasteiger partial charge in [0, 0.05) is 36.8 Å². The van der Waals surface area contributed by atoms with Gasteiger partial charge >= 0.3 is 0 Å². The molecule has 5 nitrogen and oxygen atoms in total. The van der Waals surface area contributed by atoms with Gasteiger partial charge in [-0.2, -0.15) is 0 Å². The number of para-hydroxylation sites is 1. The number of nitrogens with zero attached hydrogens (tertiary/aromatic N) is 2. The third-order valence-corrected chi connectivity index (χ3v) is 5.33. The predicted octanol–water partition coefficient (Wildman–Crippen LogP) is 4.51. The van der Waals surface area contributed by atoms with Crippen LogP contribution in [0.3, 0.4) is 0 Å². The number of anilines is 1. The van der Waals surface area contributed by atoms with Gasteiger partial charge in [-0.15, -0.1) is 0 Å². The van der Waals surface area contributed by atoms with Crippen LogP contribution in [0.1, 0.15) is 25.7 Å². The Morgan fingerprint density at radius 2 is 2.00 bits per heavy atom. The van der Waals surface area contributed by atoms with E-state index in [9.17, 15) is 4.79 Å². The number of piperidine rings is 1. The van der Waals surface area contributed by atoms with Gasteiger partial charge in [0.1, 0.15) is 11.5 Å². The maximum Gasteiger partial charge on any atom is 0.217 e. The van der Waals surface area contributed by atoms with Crippen molar-refractivity contribution < 1.29 is 9.53 Å². The molecule has 28 heavy (non-hydrogen) atoms. The van der Waals surface area contributed by atoms with Crippen LogP contribution < -0.4 is 15.4 Å². The van der Waals surface area contributed by atoms with Crippen LogP contribution in [-0.2, 0) is 4.79 Å². The Morgan fingerprint density at radius 3 is 2.82 bits per heavy atom. The van der Waals surface area contributed by atoms with Crippen molar-refractivity contribution >= 4 is 22.5 Å². The van der Waals surface area contributed by atoms with E-state index in [-0.39, 0.29) is 5.91 Å². The Bertz CT molecular complexity index is 958. The lowest BCUT2D eigenvalue weighted by atomic mass is 9.92. The van der Waals surface area contributed by atoms with Gasteiger partial charge in [0.25, 0.3) is 0 Å². The summed E-state index contributed by atoms with van der Waals surface area (Å²) in [7, 11) is 0. The lowest BCUT2D eigenvalue weighted by Gasteiger charge is -2.35. The van der Waals surface area contributed by atoms with E-state index >= 15 is 0 Å². The summed E-state index contributed by atoms with van der Waals surface area (Å²) in [4.78, 5) is 18.1. The highest BCUT2D eigenvalue weighted by Gasteiger charge is 2.22. The molecule has 5 heteroatoms. The number of benzene rings is 2. The summed E-state index contributed by atoms with van der Waals surface area (Å²) in [6.45, 7) is 1.95. The van der Waals surface area contributed by atoms with Crippen molar-refractivity contribution in [1.82, 2.24) is 4.98 Å². The second-order valence-electron chi connectivity index (χ2n) is 7.38. The van der Waals surface area contributed by atoms with Crippen LogP contribution in [0.5, 0.6) is 11.5 Å². The fourth-order valence-corrected chi connectivity index (χ4v) is 3.94. The summed E-state index contributed by atoms with van der Waals surface area (Å²) in [5.74, 6) is 1.90. The van der Waals surface area contributed by atoms with Crippen LogP contribution in [0.2, 0.25) is 0 Å². The van der Waals surface area contributed by atoms with Crippen molar-refractivity contribution in [3.05, 3.63) is 60.8 Å². The topological polar surface area (TPSA) is 68.5 Å². The molecule has 3 aromatic rings. The number of nitrogens with two attached hydrogens (primary N) is 1. The van der Waals surface area contributed by atoms with E-state index in [2.05, 4.69) is 22.0 Å². The average Bonchev–Trinajstić information content (AvgIpc) is 2.73. The maximum absolute atomic E-state index is 11.1. The molecule has 4 rings (SSSR count). The molecule has 1 aliphatic heterocycles. The lowest BCUT2D eigenvalue weighted by molar-refractivity contribution is -0.118. The Labute approximate surface area is 165 Å². The summed E-state index contributed by atoms with van der Waals surface area (Å²) in [5, 5.41) is 1.09. The molecule has 2 heterocycles. The molecule has 0 radical (unpaired) electrons. The number of primary amides is 1. The SMILES string of the molecule is NC(=O)CCC1CCCN(c2ccnc3ccc(Oc4ccccc4)cc23)C1. The van der Waals surface area contributed by atoms with Crippen molar-refractivity contribution in [2.45, 2.75) is 25.7 Å². The molecule has 1 amide bonds. The highest BCUT2D eigenvalue weighted by atomic mass is 16.5. The van der Waals surface area contributed by atoms with Crippen LogP contribution in [0, 0.1) is 5.92 Å². The van der Waals surface area contributed by atoms with Crippen LogP contribution >= 0.6 is 0 Å². The van der Waals surface area contributed by atoms with Crippen molar-refractivity contribution in [3.63, 3.8) is 0 Å². The summed E-state index contributed by atoms with van der Waals surface area (Å²) in [6.07, 6.45) is 5.45. The smallest absolute Gasteiger partial charge is 0.217 e. The number of carbonyl (C=O) groups excluding carboxylic acids is 1. The zero-order valence-corrected chi connectivity index (χ0v) is 15.9. The second kappa shape index (κ2) is 8.30. The van der Waals surface area contributed by atoms with Crippen molar-refractivity contribution in [3.8, 4) is 11.5 Å². The van der Waals surface area contributed by atoms with Crippen LogP contribution in [0.4, 0.5) is 5.69 Å². The summed E-state index contributed by atoms with van der Waals surface area (Å²) in [6, 6.07) is 17.9. The number of hydrogen-bond acceptors (Lipinski definition) is 4. The van der Waals surface area contributed by atoms with Gasteiger partial charge < -0.3 is 15.4 Å². The van der Waals surface area contributed by atoms with E-state index in [1.807, 2.05) is 48.7 Å². The Morgan fingerprint density at radius 1 is 1.14 bits per heavy atom. The van der Waals surface area contributed by atoms with Crippen LogP contribution in [0.25, 0.3) is 10.9 Å². The van der Waals surface area contributed by atoms with Crippen molar-refractivity contribution in [2.24, 2.45) is 11.7 Å². The van der Waals surface area contributed by atoms with E-state index in [4.69, 9.17) is 10.5 Å². The molecule has 0 spiro atoms. The van der Waals surface area contributed by atoms with Gasteiger partial charge in [-0.05, 0) is 61.6 Å². The molecular weight excluding hydrogens is 350 g/mol. The highest BCUT2D eigenvalue weighted by molar-refractivity contribution is 5.92. The third-order valence-electron chi connectivity index (χ3n) is 5.33. The second-order valence-corrected chi connectivity index (χ2v) is 7.38. The molecule has 2 aromatic carbocycles. The molecule has 1 saturated heterocycles. The number of fused-ring (bicyclic) bond motifs is 1. The molecular formula is C23H25N3O2. The number of rotatable bonds is 6. The van der Waals surface area contributed by atoms with Crippen LogP contribution in [-0.4, -0.2) is 24.0 Å². The minimum atomic E-state index is -0.214. The number of pyridine rings is 1. The van der Waals surface area contributed by atoms with Gasteiger partial charge in [0.2, 0.25) is 5.91 Å². The first-order valence-corrected chi connectivity index (χ1v) is 9.84. The molecule has 0 aliphatic carbocycles. The molecule has 1 fully saturated rings. The Kier molecular flexibility index (Phi) is 5.42. The predicted molar refractivity (Wildman–Crippen MR) is 112 cm³/mol. The number of aromatic nitrogens is 1. The molecule has 144 valence electrons. The van der Waals surface area contributed by atoms with Crippen molar-refractivity contribution in [2.75, 3.05) is 18.0 Å². The molecule has 1 aliphatic rings. The first-order valence-electron chi connectivity index (χ1n) is 9.84. The number of carbonyl (C=O) groups is 1. The Balaban J connectivity index is 1.59. The van der Waals surface area contributed by atoms with E-state index < -0.39 is 0 Å². The number of hydrogen-bond donors (Lipinski definition) is 1. The standard InChI is InChI=1S/C23H25N3O2/c24-23(27)11-8-17-5-4-14-26(16-17)22-12-13-25-21-10-9-19(15-20(21)22)28-18-6-2-1-3-7-18/h1-3,6-7,9-10,12-13,15,17H,4-5,8,11,14,16H2,(H2,24,27). The highest BCUT2D eigenvalue weighted by Crippen LogP contribution is 2.33. The molecule has 0 saturated carbocycles.